The topological polar surface area (TPSA) is 55.4 Å². The summed E-state index contributed by atoms with van der Waals surface area (Å²) in [7, 11) is 0. The Morgan fingerprint density at radius 2 is 1.75 bits per heavy atom. The molecule has 3 rings (SSSR count). The first-order valence-electron chi connectivity index (χ1n) is 9.22. The number of Topliss-reactive ketones (excluding diaryl/α,β-unsaturated/α-hetero) is 1. The van der Waals surface area contributed by atoms with Crippen molar-refractivity contribution in [1.82, 2.24) is 5.32 Å². The quantitative estimate of drug-likeness (QED) is 0.552. The van der Waals surface area contributed by atoms with Crippen LogP contribution in [0, 0.1) is 6.92 Å². The van der Waals surface area contributed by atoms with E-state index in [9.17, 15) is 9.59 Å². The summed E-state index contributed by atoms with van der Waals surface area (Å²) >= 11 is 1.61. The number of hydrogen-bond acceptors (Lipinski definition) is 4. The molecular weight excluding hydrogens is 370 g/mol. The molecule has 1 heterocycles. The minimum absolute atomic E-state index is 0.0844. The summed E-state index contributed by atoms with van der Waals surface area (Å²) in [4.78, 5) is 25.2. The van der Waals surface area contributed by atoms with Gasteiger partial charge in [0.05, 0.1) is 6.04 Å². The van der Waals surface area contributed by atoms with Gasteiger partial charge in [-0.05, 0) is 48.2 Å². The normalized spacial score (nSPS) is 11.6. The van der Waals surface area contributed by atoms with Crippen LogP contribution in [0.4, 0.5) is 0 Å². The largest absolute Gasteiger partial charge is 0.484 e. The first kappa shape index (κ1) is 19.8. The molecule has 0 bridgehead atoms. The maximum absolute atomic E-state index is 12.5. The van der Waals surface area contributed by atoms with Gasteiger partial charge < -0.3 is 10.1 Å². The molecule has 0 saturated heterocycles. The molecule has 1 amide bonds. The van der Waals surface area contributed by atoms with Gasteiger partial charge in [0.2, 0.25) is 0 Å². The van der Waals surface area contributed by atoms with Gasteiger partial charge in [-0.15, -0.1) is 11.3 Å². The first-order valence-corrected chi connectivity index (χ1v) is 10.1. The number of rotatable bonds is 8. The third-order valence-corrected chi connectivity index (χ3v) is 5.35. The van der Waals surface area contributed by atoms with Crippen molar-refractivity contribution in [2.75, 3.05) is 6.61 Å². The second-order valence-electron chi connectivity index (χ2n) is 6.52. The third kappa shape index (κ3) is 5.08. The molecule has 28 heavy (non-hydrogen) atoms. The van der Waals surface area contributed by atoms with Gasteiger partial charge in [0.1, 0.15) is 5.75 Å². The second kappa shape index (κ2) is 9.33. The summed E-state index contributed by atoms with van der Waals surface area (Å²) in [6, 6.07) is 18.8. The van der Waals surface area contributed by atoms with Gasteiger partial charge in [-0.3, -0.25) is 9.59 Å². The molecule has 0 radical (unpaired) electrons. The second-order valence-corrected chi connectivity index (χ2v) is 7.50. The zero-order chi connectivity index (χ0) is 19.9. The first-order chi connectivity index (χ1) is 13.6. The number of nitrogens with one attached hydrogen (secondary N) is 1. The molecular formula is C23H23NO3S. The summed E-state index contributed by atoms with van der Waals surface area (Å²) in [5.74, 6) is 0.444. The highest BCUT2D eigenvalue weighted by Crippen LogP contribution is 2.26. The number of ketones is 1. The van der Waals surface area contributed by atoms with Crippen molar-refractivity contribution < 1.29 is 14.3 Å². The number of carbonyl (C=O) groups is 2. The number of amides is 1. The van der Waals surface area contributed by atoms with Gasteiger partial charge >= 0.3 is 0 Å². The lowest BCUT2D eigenvalue weighted by Crippen LogP contribution is -2.32. The molecule has 5 heteroatoms. The minimum atomic E-state index is -0.207. The number of aryl methyl sites for hydroxylation is 1. The van der Waals surface area contributed by atoms with E-state index in [4.69, 9.17) is 4.74 Å². The van der Waals surface area contributed by atoms with Gasteiger partial charge in [-0.1, -0.05) is 42.8 Å². The molecule has 3 aromatic rings. The molecule has 1 N–H and O–H groups in total. The smallest absolute Gasteiger partial charge is 0.258 e. The predicted octanol–water partition coefficient (Wildman–Crippen LogP) is 4.93. The molecule has 2 aromatic carbocycles. The van der Waals surface area contributed by atoms with Crippen molar-refractivity contribution in [2.45, 2.75) is 26.3 Å². The Labute approximate surface area is 169 Å². The summed E-state index contributed by atoms with van der Waals surface area (Å²) in [6.07, 6.45) is 0.464. The number of thiophene rings is 1. The molecule has 144 valence electrons. The highest BCUT2D eigenvalue weighted by Gasteiger charge is 2.18. The van der Waals surface area contributed by atoms with E-state index in [-0.39, 0.29) is 24.3 Å². The zero-order valence-electron chi connectivity index (χ0n) is 16.0. The van der Waals surface area contributed by atoms with Gasteiger partial charge in [0, 0.05) is 16.9 Å². The standard InChI is InChI=1S/C23H23NO3S/c1-3-20(25)17-10-12-19(13-11-17)27-15-22(26)24-23(21-5-4-14-28-21)18-8-6-16(2)7-9-18/h4-14,23H,3,15H2,1-2H3,(H,24,26)/t23-/m0/s1. The van der Waals surface area contributed by atoms with E-state index in [0.717, 1.165) is 10.4 Å². The van der Waals surface area contributed by atoms with Crippen LogP contribution in [0.3, 0.4) is 0 Å². The van der Waals surface area contributed by atoms with E-state index in [1.807, 2.05) is 55.6 Å². The Kier molecular flexibility index (Phi) is 6.61. The fourth-order valence-electron chi connectivity index (χ4n) is 2.83. The lowest BCUT2D eigenvalue weighted by molar-refractivity contribution is -0.123. The Hall–Kier alpha value is -2.92. The van der Waals surface area contributed by atoms with E-state index in [1.165, 1.54) is 5.56 Å². The fourth-order valence-corrected chi connectivity index (χ4v) is 3.63. The fraction of sp³-hybridized carbons (Fsp3) is 0.217. The molecule has 1 aromatic heterocycles. The molecule has 4 nitrogen and oxygen atoms in total. The van der Waals surface area contributed by atoms with Crippen molar-refractivity contribution in [3.8, 4) is 5.75 Å². The molecule has 0 aliphatic rings. The Bertz CT molecular complexity index is 915. The maximum atomic E-state index is 12.5. The van der Waals surface area contributed by atoms with Crippen LogP contribution in [0.2, 0.25) is 0 Å². The van der Waals surface area contributed by atoms with Gasteiger partial charge in [-0.25, -0.2) is 0 Å². The molecule has 0 unspecified atom stereocenters. The minimum Gasteiger partial charge on any atom is -0.484 e. The van der Waals surface area contributed by atoms with Gasteiger partial charge in [-0.2, -0.15) is 0 Å². The molecule has 0 spiro atoms. The van der Waals surface area contributed by atoms with Crippen molar-refractivity contribution in [2.24, 2.45) is 0 Å². The predicted molar refractivity (Wildman–Crippen MR) is 112 cm³/mol. The third-order valence-electron chi connectivity index (χ3n) is 4.41. The van der Waals surface area contributed by atoms with Gasteiger partial charge in [0.25, 0.3) is 5.91 Å². The lowest BCUT2D eigenvalue weighted by atomic mass is 10.0. The number of hydrogen-bond donors (Lipinski definition) is 1. The van der Waals surface area contributed by atoms with Crippen molar-refractivity contribution >= 4 is 23.0 Å². The summed E-state index contributed by atoms with van der Waals surface area (Å²) in [5, 5.41) is 5.05. The van der Waals surface area contributed by atoms with Crippen LogP contribution in [0.1, 0.15) is 45.7 Å². The zero-order valence-corrected chi connectivity index (χ0v) is 16.8. The SMILES string of the molecule is CCC(=O)c1ccc(OCC(=O)N[C@@H](c2ccc(C)cc2)c2cccs2)cc1. The van der Waals surface area contributed by atoms with E-state index in [1.54, 1.807) is 35.6 Å². The summed E-state index contributed by atoms with van der Waals surface area (Å²) in [5.41, 5.74) is 2.86. The van der Waals surface area contributed by atoms with Crippen molar-refractivity contribution in [1.29, 1.82) is 0 Å². The van der Waals surface area contributed by atoms with Crippen LogP contribution in [-0.2, 0) is 4.79 Å². The molecule has 0 aliphatic heterocycles. The average Bonchev–Trinajstić information content (AvgIpc) is 3.25. The van der Waals surface area contributed by atoms with Crippen LogP contribution >= 0.6 is 11.3 Å². The number of ether oxygens (including phenoxy) is 1. The van der Waals surface area contributed by atoms with Crippen LogP contribution in [0.5, 0.6) is 5.75 Å². The molecule has 0 aliphatic carbocycles. The molecule has 0 saturated carbocycles. The van der Waals surface area contributed by atoms with Crippen LogP contribution in [0.25, 0.3) is 0 Å². The van der Waals surface area contributed by atoms with Crippen LogP contribution < -0.4 is 10.1 Å². The van der Waals surface area contributed by atoms with E-state index in [0.29, 0.717) is 17.7 Å². The highest BCUT2D eigenvalue weighted by molar-refractivity contribution is 7.10. The van der Waals surface area contributed by atoms with E-state index in [2.05, 4.69) is 5.32 Å². The maximum Gasteiger partial charge on any atom is 0.258 e. The van der Waals surface area contributed by atoms with E-state index >= 15 is 0 Å². The van der Waals surface area contributed by atoms with Gasteiger partial charge in [0.15, 0.2) is 12.4 Å². The average molecular weight is 394 g/mol. The Morgan fingerprint density at radius 3 is 2.36 bits per heavy atom. The van der Waals surface area contributed by atoms with Crippen molar-refractivity contribution in [3.05, 3.63) is 87.6 Å². The Balaban J connectivity index is 1.64. The monoisotopic (exact) mass is 393 g/mol. The molecule has 1 atom stereocenters. The highest BCUT2D eigenvalue weighted by atomic mass is 32.1. The molecule has 0 fully saturated rings. The summed E-state index contributed by atoms with van der Waals surface area (Å²) < 4.78 is 5.59. The Morgan fingerprint density at radius 1 is 1.04 bits per heavy atom. The van der Waals surface area contributed by atoms with Crippen LogP contribution in [0.15, 0.2) is 66.0 Å². The lowest BCUT2D eigenvalue weighted by Gasteiger charge is -2.18. The van der Waals surface area contributed by atoms with Crippen LogP contribution in [-0.4, -0.2) is 18.3 Å². The summed E-state index contributed by atoms with van der Waals surface area (Å²) in [6.45, 7) is 3.78. The van der Waals surface area contributed by atoms with E-state index < -0.39 is 0 Å². The number of benzene rings is 2. The van der Waals surface area contributed by atoms with Crippen molar-refractivity contribution in [3.63, 3.8) is 0 Å². The number of carbonyl (C=O) groups excluding carboxylic acids is 2.